The van der Waals surface area contributed by atoms with E-state index in [-0.39, 0.29) is 18.1 Å². The molecule has 1 N–H and O–H groups in total. The molecule has 0 saturated heterocycles. The molecule has 0 spiro atoms. The summed E-state index contributed by atoms with van der Waals surface area (Å²) in [5.41, 5.74) is 1.74. The van der Waals surface area contributed by atoms with Gasteiger partial charge in [0.15, 0.2) is 11.5 Å². The fourth-order valence-electron chi connectivity index (χ4n) is 2.63. The number of benzene rings is 2. The van der Waals surface area contributed by atoms with Crippen molar-refractivity contribution in [1.29, 1.82) is 0 Å². The van der Waals surface area contributed by atoms with Crippen LogP contribution in [-0.4, -0.2) is 25.7 Å². The molecular weight excluding hydrogens is 345 g/mol. The fraction of sp³-hybridized carbons (Fsp3) is 0.316. The summed E-state index contributed by atoms with van der Waals surface area (Å²) in [6, 6.07) is 9.78. The van der Waals surface area contributed by atoms with Crippen LogP contribution in [0, 0.1) is 5.82 Å². The molecule has 0 aromatic heterocycles. The molecule has 1 amide bonds. The van der Waals surface area contributed by atoms with Crippen LogP contribution in [0.5, 0.6) is 11.5 Å². The maximum Gasteiger partial charge on any atom is 0.224 e. The van der Waals surface area contributed by atoms with E-state index in [1.807, 2.05) is 0 Å². The lowest BCUT2D eigenvalue weighted by Gasteiger charge is -2.12. The second-order valence-corrected chi connectivity index (χ2v) is 6.27. The quantitative estimate of drug-likeness (QED) is 0.883. The first kappa shape index (κ1) is 17.5. The van der Waals surface area contributed by atoms with Crippen molar-refractivity contribution in [1.82, 2.24) is 5.32 Å². The van der Waals surface area contributed by atoms with E-state index in [1.165, 1.54) is 12.1 Å². The highest BCUT2D eigenvalue weighted by atomic mass is 35.5. The van der Waals surface area contributed by atoms with Gasteiger partial charge in [-0.1, -0.05) is 23.7 Å². The standard InChI is InChI=1S/C19H19ClFNO3/c20-16-10-14(11-17-19(16)25-9-1-8-24-17)12-18(23)22-7-6-13-2-4-15(21)5-3-13/h2-5,10-11H,1,6-9,12H2,(H,22,23). The van der Waals surface area contributed by atoms with E-state index in [0.717, 1.165) is 17.5 Å². The maximum atomic E-state index is 12.9. The lowest BCUT2D eigenvalue weighted by Crippen LogP contribution is -2.27. The second kappa shape index (κ2) is 8.21. The van der Waals surface area contributed by atoms with Gasteiger partial charge in [0.05, 0.1) is 24.7 Å². The summed E-state index contributed by atoms with van der Waals surface area (Å²) >= 11 is 6.23. The van der Waals surface area contributed by atoms with Crippen molar-refractivity contribution in [3.05, 3.63) is 58.4 Å². The zero-order valence-electron chi connectivity index (χ0n) is 13.7. The third kappa shape index (κ3) is 4.86. The molecule has 0 fully saturated rings. The van der Waals surface area contributed by atoms with Crippen molar-refractivity contribution in [3.8, 4) is 11.5 Å². The molecule has 2 aromatic carbocycles. The maximum absolute atomic E-state index is 12.9. The van der Waals surface area contributed by atoms with Crippen LogP contribution in [0.1, 0.15) is 17.5 Å². The Bertz CT molecular complexity index is 749. The molecule has 1 aliphatic heterocycles. The molecule has 1 heterocycles. The van der Waals surface area contributed by atoms with Crippen LogP contribution in [0.2, 0.25) is 5.02 Å². The number of amides is 1. The van der Waals surface area contributed by atoms with Gasteiger partial charge in [0.1, 0.15) is 5.82 Å². The van der Waals surface area contributed by atoms with E-state index in [2.05, 4.69) is 5.32 Å². The molecule has 0 radical (unpaired) electrons. The van der Waals surface area contributed by atoms with Crippen LogP contribution < -0.4 is 14.8 Å². The van der Waals surface area contributed by atoms with E-state index in [0.29, 0.717) is 42.7 Å². The Kier molecular flexibility index (Phi) is 5.76. The summed E-state index contributed by atoms with van der Waals surface area (Å²) in [5.74, 6) is 0.755. The Hall–Kier alpha value is -2.27. The molecule has 0 atom stereocenters. The van der Waals surface area contributed by atoms with Gasteiger partial charge < -0.3 is 14.8 Å². The van der Waals surface area contributed by atoms with Gasteiger partial charge in [-0.2, -0.15) is 0 Å². The Morgan fingerprint density at radius 3 is 2.68 bits per heavy atom. The molecule has 132 valence electrons. The Labute approximate surface area is 150 Å². The van der Waals surface area contributed by atoms with Gasteiger partial charge >= 0.3 is 0 Å². The van der Waals surface area contributed by atoms with E-state index >= 15 is 0 Å². The summed E-state index contributed by atoms with van der Waals surface area (Å²) in [4.78, 5) is 12.1. The van der Waals surface area contributed by atoms with Crippen molar-refractivity contribution >= 4 is 17.5 Å². The van der Waals surface area contributed by atoms with Crippen molar-refractivity contribution < 1.29 is 18.7 Å². The number of rotatable bonds is 5. The minimum absolute atomic E-state index is 0.104. The third-order valence-electron chi connectivity index (χ3n) is 3.88. The van der Waals surface area contributed by atoms with Gasteiger partial charge in [0, 0.05) is 13.0 Å². The molecule has 25 heavy (non-hydrogen) atoms. The molecular formula is C19H19ClFNO3. The van der Waals surface area contributed by atoms with Crippen molar-refractivity contribution in [3.63, 3.8) is 0 Å². The van der Waals surface area contributed by atoms with Crippen LogP contribution in [0.4, 0.5) is 4.39 Å². The number of nitrogens with one attached hydrogen (secondary N) is 1. The highest BCUT2D eigenvalue weighted by Gasteiger charge is 2.16. The van der Waals surface area contributed by atoms with Crippen LogP contribution in [-0.2, 0) is 17.6 Å². The average molecular weight is 364 g/mol. The number of ether oxygens (including phenoxy) is 2. The van der Waals surface area contributed by atoms with Gasteiger partial charge in [0.25, 0.3) is 0 Å². The first-order valence-corrected chi connectivity index (χ1v) is 8.59. The minimum Gasteiger partial charge on any atom is -0.489 e. The number of fused-ring (bicyclic) bond motifs is 1. The monoisotopic (exact) mass is 363 g/mol. The molecule has 1 aliphatic rings. The molecule has 0 bridgehead atoms. The van der Waals surface area contributed by atoms with Gasteiger partial charge in [0.2, 0.25) is 5.91 Å². The SMILES string of the molecule is O=C(Cc1cc(Cl)c2c(c1)OCCCO2)NCCc1ccc(F)cc1. The summed E-state index contributed by atoms with van der Waals surface area (Å²) in [6.45, 7) is 1.62. The van der Waals surface area contributed by atoms with Crippen LogP contribution >= 0.6 is 11.6 Å². The number of carbonyl (C=O) groups excluding carboxylic acids is 1. The molecule has 6 heteroatoms. The predicted molar refractivity (Wildman–Crippen MR) is 93.9 cm³/mol. The van der Waals surface area contributed by atoms with Crippen LogP contribution in [0.25, 0.3) is 0 Å². The normalized spacial score (nSPS) is 13.2. The lowest BCUT2D eigenvalue weighted by molar-refractivity contribution is -0.120. The molecule has 4 nitrogen and oxygen atoms in total. The minimum atomic E-state index is -0.265. The summed E-state index contributed by atoms with van der Waals surface area (Å²) in [5, 5.41) is 3.31. The zero-order valence-corrected chi connectivity index (χ0v) is 14.4. The number of hydrogen-bond donors (Lipinski definition) is 1. The molecule has 2 aromatic rings. The van der Waals surface area contributed by atoms with Crippen molar-refractivity contribution in [2.75, 3.05) is 19.8 Å². The van der Waals surface area contributed by atoms with Gasteiger partial charge in [-0.05, 0) is 41.8 Å². The van der Waals surface area contributed by atoms with Gasteiger partial charge in [-0.25, -0.2) is 4.39 Å². The number of carbonyl (C=O) groups is 1. The summed E-state index contributed by atoms with van der Waals surface area (Å²) < 4.78 is 24.1. The Balaban J connectivity index is 1.55. The van der Waals surface area contributed by atoms with Crippen LogP contribution in [0.3, 0.4) is 0 Å². The highest BCUT2D eigenvalue weighted by Crippen LogP contribution is 2.38. The average Bonchev–Trinajstić information content (AvgIpc) is 2.82. The number of hydrogen-bond acceptors (Lipinski definition) is 3. The summed E-state index contributed by atoms with van der Waals surface area (Å²) in [7, 11) is 0. The fourth-order valence-corrected chi connectivity index (χ4v) is 2.92. The molecule has 0 aliphatic carbocycles. The lowest BCUT2D eigenvalue weighted by atomic mass is 10.1. The first-order valence-electron chi connectivity index (χ1n) is 8.21. The Morgan fingerprint density at radius 2 is 1.88 bits per heavy atom. The van der Waals surface area contributed by atoms with E-state index in [4.69, 9.17) is 21.1 Å². The smallest absolute Gasteiger partial charge is 0.224 e. The molecule has 3 rings (SSSR count). The molecule has 0 unspecified atom stereocenters. The predicted octanol–water partition coefficient (Wildman–Crippen LogP) is 3.54. The van der Waals surface area contributed by atoms with Gasteiger partial charge in [-0.15, -0.1) is 0 Å². The van der Waals surface area contributed by atoms with Crippen molar-refractivity contribution in [2.24, 2.45) is 0 Å². The highest BCUT2D eigenvalue weighted by molar-refractivity contribution is 6.32. The van der Waals surface area contributed by atoms with Crippen molar-refractivity contribution in [2.45, 2.75) is 19.3 Å². The second-order valence-electron chi connectivity index (χ2n) is 5.86. The summed E-state index contributed by atoms with van der Waals surface area (Å²) in [6.07, 6.45) is 1.65. The third-order valence-corrected chi connectivity index (χ3v) is 4.16. The number of halogens is 2. The van der Waals surface area contributed by atoms with E-state index in [1.54, 1.807) is 24.3 Å². The van der Waals surface area contributed by atoms with Gasteiger partial charge in [-0.3, -0.25) is 4.79 Å². The largest absolute Gasteiger partial charge is 0.489 e. The topological polar surface area (TPSA) is 47.6 Å². The first-order chi connectivity index (χ1) is 12.1. The van der Waals surface area contributed by atoms with E-state index < -0.39 is 0 Å². The van der Waals surface area contributed by atoms with E-state index in [9.17, 15) is 9.18 Å². The van der Waals surface area contributed by atoms with Crippen LogP contribution in [0.15, 0.2) is 36.4 Å². The zero-order chi connectivity index (χ0) is 17.6. The Morgan fingerprint density at radius 1 is 1.12 bits per heavy atom. The molecule has 0 saturated carbocycles.